The first-order chi connectivity index (χ1) is 11.3. The monoisotopic (exact) mass is 307 g/mol. The maximum absolute atomic E-state index is 11.8. The molecule has 1 aromatic heterocycles. The van der Waals surface area contributed by atoms with Gasteiger partial charge in [0.25, 0.3) is 0 Å². The van der Waals surface area contributed by atoms with Gasteiger partial charge in [-0.2, -0.15) is 0 Å². The summed E-state index contributed by atoms with van der Waals surface area (Å²) in [4.78, 5) is 15.1. The maximum Gasteiger partial charge on any atom is 0.225 e. The number of aromatic nitrogens is 1. The van der Waals surface area contributed by atoms with Crippen LogP contribution in [0, 0.1) is 0 Å². The summed E-state index contributed by atoms with van der Waals surface area (Å²) < 4.78 is 0. The molecule has 0 unspecified atom stereocenters. The number of hydrogen-bond acceptors (Lipinski definition) is 2. The first-order valence-electron chi connectivity index (χ1n) is 7.93. The van der Waals surface area contributed by atoms with Crippen molar-refractivity contribution >= 4 is 22.5 Å². The fourth-order valence-corrected chi connectivity index (χ4v) is 2.63. The SMILES string of the molecule is O=C(CCNCCc1c[nH]c2ccccc12)Nc1ccccc1. The highest BCUT2D eigenvalue weighted by molar-refractivity contribution is 5.90. The van der Waals surface area contributed by atoms with Crippen LogP contribution in [0.1, 0.15) is 12.0 Å². The molecule has 118 valence electrons. The summed E-state index contributed by atoms with van der Waals surface area (Å²) in [5.74, 6) is 0.0378. The highest BCUT2D eigenvalue weighted by atomic mass is 16.1. The van der Waals surface area contributed by atoms with Gasteiger partial charge in [-0.05, 0) is 36.7 Å². The maximum atomic E-state index is 11.8. The second-order valence-corrected chi connectivity index (χ2v) is 5.52. The fourth-order valence-electron chi connectivity index (χ4n) is 2.63. The van der Waals surface area contributed by atoms with Crippen LogP contribution in [-0.2, 0) is 11.2 Å². The van der Waals surface area contributed by atoms with Crippen LogP contribution in [0.3, 0.4) is 0 Å². The van der Waals surface area contributed by atoms with Gasteiger partial charge in [0.1, 0.15) is 0 Å². The molecule has 0 saturated carbocycles. The molecule has 4 nitrogen and oxygen atoms in total. The van der Waals surface area contributed by atoms with Gasteiger partial charge in [-0.25, -0.2) is 0 Å². The molecule has 3 N–H and O–H groups in total. The van der Waals surface area contributed by atoms with Crippen molar-refractivity contribution < 1.29 is 4.79 Å². The third-order valence-electron chi connectivity index (χ3n) is 3.83. The van der Waals surface area contributed by atoms with Crippen molar-refractivity contribution in [3.05, 3.63) is 66.4 Å². The van der Waals surface area contributed by atoms with E-state index in [1.807, 2.05) is 36.4 Å². The third-order valence-corrected chi connectivity index (χ3v) is 3.83. The summed E-state index contributed by atoms with van der Waals surface area (Å²) in [6.45, 7) is 1.54. The Balaban J connectivity index is 1.38. The van der Waals surface area contributed by atoms with Crippen LogP contribution in [0.15, 0.2) is 60.8 Å². The van der Waals surface area contributed by atoms with Crippen LogP contribution >= 0.6 is 0 Å². The number of aromatic amines is 1. The largest absolute Gasteiger partial charge is 0.361 e. The summed E-state index contributed by atoms with van der Waals surface area (Å²) in [5, 5.41) is 7.49. The first kappa shape index (κ1) is 15.3. The minimum Gasteiger partial charge on any atom is -0.361 e. The number of rotatable bonds is 7. The van der Waals surface area contributed by atoms with Gasteiger partial charge >= 0.3 is 0 Å². The number of carbonyl (C=O) groups is 1. The Morgan fingerprint density at radius 3 is 2.61 bits per heavy atom. The van der Waals surface area contributed by atoms with E-state index in [0.717, 1.165) is 18.7 Å². The highest BCUT2D eigenvalue weighted by Crippen LogP contribution is 2.17. The van der Waals surface area contributed by atoms with E-state index in [4.69, 9.17) is 0 Å². The number of fused-ring (bicyclic) bond motifs is 1. The average molecular weight is 307 g/mol. The van der Waals surface area contributed by atoms with E-state index in [1.54, 1.807) is 0 Å². The molecule has 0 spiro atoms. The Kier molecular flexibility index (Phi) is 5.06. The van der Waals surface area contributed by atoms with Crippen molar-refractivity contribution in [2.24, 2.45) is 0 Å². The van der Waals surface area contributed by atoms with Crippen LogP contribution in [-0.4, -0.2) is 24.0 Å². The summed E-state index contributed by atoms with van der Waals surface area (Å²) in [6.07, 6.45) is 3.49. The molecule has 3 aromatic rings. The van der Waals surface area contributed by atoms with E-state index in [-0.39, 0.29) is 5.91 Å². The summed E-state index contributed by atoms with van der Waals surface area (Å²) in [6, 6.07) is 17.8. The lowest BCUT2D eigenvalue weighted by atomic mass is 10.1. The normalized spacial score (nSPS) is 10.8. The van der Waals surface area contributed by atoms with Gasteiger partial charge in [-0.3, -0.25) is 4.79 Å². The molecule has 2 aromatic carbocycles. The molecule has 0 fully saturated rings. The van der Waals surface area contributed by atoms with Crippen LogP contribution in [0.2, 0.25) is 0 Å². The lowest BCUT2D eigenvalue weighted by Crippen LogP contribution is -2.23. The smallest absolute Gasteiger partial charge is 0.225 e. The molecule has 0 aliphatic heterocycles. The third kappa shape index (κ3) is 4.20. The molecule has 0 bridgehead atoms. The van der Waals surface area contributed by atoms with Crippen molar-refractivity contribution in [3.8, 4) is 0 Å². The number of carbonyl (C=O) groups excluding carboxylic acids is 1. The van der Waals surface area contributed by atoms with Crippen molar-refractivity contribution in [2.45, 2.75) is 12.8 Å². The van der Waals surface area contributed by atoms with Crippen molar-refractivity contribution in [1.29, 1.82) is 0 Å². The van der Waals surface area contributed by atoms with E-state index in [0.29, 0.717) is 13.0 Å². The Morgan fingerprint density at radius 1 is 0.957 bits per heavy atom. The zero-order valence-electron chi connectivity index (χ0n) is 13.0. The second-order valence-electron chi connectivity index (χ2n) is 5.52. The molecule has 4 heteroatoms. The summed E-state index contributed by atoms with van der Waals surface area (Å²) in [5.41, 5.74) is 3.32. The number of H-pyrrole nitrogens is 1. The Morgan fingerprint density at radius 2 is 1.74 bits per heavy atom. The van der Waals surface area contributed by atoms with Crippen LogP contribution in [0.4, 0.5) is 5.69 Å². The van der Waals surface area contributed by atoms with E-state index in [9.17, 15) is 4.79 Å². The van der Waals surface area contributed by atoms with Crippen LogP contribution in [0.5, 0.6) is 0 Å². The predicted molar refractivity (Wildman–Crippen MR) is 94.6 cm³/mol. The predicted octanol–water partition coefficient (Wildman–Crippen LogP) is 3.33. The molecule has 0 atom stereocenters. The van der Waals surface area contributed by atoms with Gasteiger partial charge in [0.15, 0.2) is 0 Å². The van der Waals surface area contributed by atoms with Crippen LogP contribution < -0.4 is 10.6 Å². The molecule has 23 heavy (non-hydrogen) atoms. The molecule has 3 rings (SSSR count). The van der Waals surface area contributed by atoms with Gasteiger partial charge in [-0.15, -0.1) is 0 Å². The number of anilines is 1. The molecule has 0 aliphatic carbocycles. The molecular weight excluding hydrogens is 286 g/mol. The minimum atomic E-state index is 0.0378. The zero-order valence-corrected chi connectivity index (χ0v) is 13.0. The van der Waals surface area contributed by atoms with Gasteiger partial charge in [0.05, 0.1) is 0 Å². The van der Waals surface area contributed by atoms with Crippen LogP contribution in [0.25, 0.3) is 10.9 Å². The Labute approximate surface area is 135 Å². The average Bonchev–Trinajstić information content (AvgIpc) is 2.99. The zero-order chi connectivity index (χ0) is 15.9. The van der Waals surface area contributed by atoms with E-state index in [2.05, 4.69) is 40.0 Å². The number of para-hydroxylation sites is 2. The van der Waals surface area contributed by atoms with E-state index >= 15 is 0 Å². The number of nitrogens with one attached hydrogen (secondary N) is 3. The molecule has 0 aliphatic rings. The highest BCUT2D eigenvalue weighted by Gasteiger charge is 2.03. The van der Waals surface area contributed by atoms with Crippen molar-refractivity contribution in [3.63, 3.8) is 0 Å². The Bertz CT molecular complexity index is 764. The fraction of sp³-hybridized carbons (Fsp3) is 0.211. The van der Waals surface area contributed by atoms with Gasteiger partial charge in [0.2, 0.25) is 5.91 Å². The first-order valence-corrected chi connectivity index (χ1v) is 7.93. The summed E-state index contributed by atoms with van der Waals surface area (Å²) >= 11 is 0. The molecule has 1 amide bonds. The van der Waals surface area contributed by atoms with E-state index in [1.165, 1.54) is 16.5 Å². The molecule has 0 radical (unpaired) electrons. The van der Waals surface area contributed by atoms with Crippen molar-refractivity contribution in [2.75, 3.05) is 18.4 Å². The van der Waals surface area contributed by atoms with Crippen molar-refractivity contribution in [1.82, 2.24) is 10.3 Å². The van der Waals surface area contributed by atoms with Gasteiger partial charge < -0.3 is 15.6 Å². The second kappa shape index (κ2) is 7.61. The number of amides is 1. The molecular formula is C19H21N3O. The van der Waals surface area contributed by atoms with E-state index < -0.39 is 0 Å². The topological polar surface area (TPSA) is 56.9 Å². The minimum absolute atomic E-state index is 0.0378. The van der Waals surface area contributed by atoms with Gasteiger partial charge in [0, 0.05) is 35.8 Å². The lowest BCUT2D eigenvalue weighted by Gasteiger charge is -2.06. The van der Waals surface area contributed by atoms with Gasteiger partial charge in [-0.1, -0.05) is 36.4 Å². The molecule has 0 saturated heterocycles. The lowest BCUT2D eigenvalue weighted by molar-refractivity contribution is -0.116. The standard InChI is InChI=1S/C19H21N3O/c23-19(22-16-6-2-1-3-7-16)11-13-20-12-10-15-14-21-18-9-5-4-8-17(15)18/h1-9,14,20-21H,10-13H2,(H,22,23). The number of hydrogen-bond donors (Lipinski definition) is 3. The molecule has 1 heterocycles. The summed E-state index contributed by atoms with van der Waals surface area (Å²) in [7, 11) is 0. The number of benzene rings is 2. The Hall–Kier alpha value is -2.59. The quantitative estimate of drug-likeness (QED) is 0.586.